The molecule has 20 heavy (non-hydrogen) atoms. The number of nitrogens with one attached hydrogen (secondary N) is 1. The van der Waals surface area contributed by atoms with Crippen molar-refractivity contribution in [3.63, 3.8) is 0 Å². The van der Waals surface area contributed by atoms with Gasteiger partial charge in [0.1, 0.15) is 4.80 Å². The summed E-state index contributed by atoms with van der Waals surface area (Å²) in [7, 11) is 0. The second-order valence-electron chi connectivity index (χ2n) is 4.26. The first kappa shape index (κ1) is 15.2. The van der Waals surface area contributed by atoms with E-state index in [1.807, 2.05) is 31.2 Å². The van der Waals surface area contributed by atoms with E-state index in [0.717, 1.165) is 22.6 Å². The zero-order chi connectivity index (χ0) is 13.6. The summed E-state index contributed by atoms with van der Waals surface area (Å²) in [5.74, 6) is 0.428. The van der Waals surface area contributed by atoms with Crippen LogP contribution >= 0.6 is 11.3 Å². The van der Waals surface area contributed by atoms with E-state index in [4.69, 9.17) is 5.41 Å². The standard InChI is InChI=1S/C13H12N4OS.Na/c1-7-5-3-4-6-9(7)17-11-10(19-13(17)14)12(18)16-8(2)15-11;/h3-6,14H,1-2H3,(H,15,16,18);/q;+1/p-1. The third-order valence-corrected chi connectivity index (χ3v) is 3.84. The fourth-order valence-electron chi connectivity index (χ4n) is 2.04. The van der Waals surface area contributed by atoms with E-state index < -0.39 is 0 Å². The molecule has 0 spiro atoms. The van der Waals surface area contributed by atoms with Crippen molar-refractivity contribution < 1.29 is 29.6 Å². The molecule has 5 nitrogen and oxygen atoms in total. The molecule has 0 aliphatic rings. The van der Waals surface area contributed by atoms with E-state index in [1.165, 1.54) is 0 Å². The minimum atomic E-state index is -0.312. The van der Waals surface area contributed by atoms with Crippen molar-refractivity contribution >= 4 is 21.7 Å². The van der Waals surface area contributed by atoms with Gasteiger partial charge in [-0.05, 0) is 30.9 Å². The Morgan fingerprint density at radius 2 is 2.00 bits per heavy atom. The van der Waals surface area contributed by atoms with E-state index in [0.29, 0.717) is 16.2 Å². The molecular weight excluding hydrogens is 283 g/mol. The number of thiazole rings is 1. The Labute approximate surface area is 141 Å². The maximum atomic E-state index is 11.8. The second kappa shape index (κ2) is 5.65. The van der Waals surface area contributed by atoms with Crippen molar-refractivity contribution in [3.8, 4) is 5.69 Å². The Bertz CT molecular complexity index is 893. The summed E-state index contributed by atoms with van der Waals surface area (Å²) >= 11 is 1.11. The van der Waals surface area contributed by atoms with Crippen LogP contribution in [0.5, 0.6) is 0 Å². The molecule has 0 atom stereocenters. The minimum absolute atomic E-state index is 0. The molecule has 2 aromatic heterocycles. The van der Waals surface area contributed by atoms with Crippen LogP contribution in [-0.4, -0.2) is 9.55 Å². The van der Waals surface area contributed by atoms with Crippen LogP contribution in [0.3, 0.4) is 0 Å². The number of aryl methyl sites for hydroxylation is 2. The molecule has 1 aromatic carbocycles. The van der Waals surface area contributed by atoms with Gasteiger partial charge in [0.15, 0.2) is 0 Å². The number of hydrogen-bond acceptors (Lipinski definition) is 4. The molecule has 0 radical (unpaired) electrons. The molecule has 0 saturated heterocycles. The summed E-state index contributed by atoms with van der Waals surface area (Å²) in [5.41, 5.74) is 2.11. The Morgan fingerprint density at radius 1 is 1.30 bits per heavy atom. The van der Waals surface area contributed by atoms with Gasteiger partial charge in [0.05, 0.1) is 4.70 Å². The topological polar surface area (TPSA) is 72.8 Å². The first-order chi connectivity index (χ1) is 9.08. The smallest absolute Gasteiger partial charge is 0.362 e. The number of hydrogen-bond donors (Lipinski definition) is 1. The number of para-hydroxylation sites is 1. The van der Waals surface area contributed by atoms with E-state index in [9.17, 15) is 4.79 Å². The first-order valence-corrected chi connectivity index (χ1v) is 6.57. The van der Waals surface area contributed by atoms with Crippen LogP contribution < -0.4 is 44.9 Å². The Morgan fingerprint density at radius 3 is 2.70 bits per heavy atom. The molecule has 3 aromatic rings. The third kappa shape index (κ3) is 2.40. The molecule has 0 aliphatic carbocycles. The van der Waals surface area contributed by atoms with Crippen LogP contribution in [0.2, 0.25) is 0 Å². The molecule has 0 fully saturated rings. The van der Waals surface area contributed by atoms with Gasteiger partial charge in [0, 0.05) is 5.65 Å². The van der Waals surface area contributed by atoms with Crippen molar-refractivity contribution in [2.24, 2.45) is 0 Å². The molecule has 3 rings (SSSR count). The summed E-state index contributed by atoms with van der Waals surface area (Å²) in [5, 5.41) is 8.08. The quantitative estimate of drug-likeness (QED) is 0.556. The van der Waals surface area contributed by atoms with Crippen molar-refractivity contribution in [3.05, 3.63) is 50.8 Å². The molecular formula is C13H11N4NaOS. The number of aromatic nitrogens is 3. The molecule has 7 heteroatoms. The second-order valence-corrected chi connectivity index (χ2v) is 5.26. The molecule has 0 bridgehead atoms. The Balaban J connectivity index is 0.00000147. The van der Waals surface area contributed by atoms with Crippen molar-refractivity contribution in [1.82, 2.24) is 14.5 Å². The largest absolute Gasteiger partial charge is 1.00 e. The molecule has 96 valence electrons. The first-order valence-electron chi connectivity index (χ1n) is 5.75. The predicted octanol–water partition coefficient (Wildman–Crippen LogP) is -1.50. The van der Waals surface area contributed by atoms with Gasteiger partial charge in [-0.3, -0.25) is 10.2 Å². The molecule has 0 saturated carbocycles. The van der Waals surface area contributed by atoms with E-state index >= 15 is 0 Å². The van der Waals surface area contributed by atoms with Crippen LogP contribution in [0, 0.1) is 19.3 Å². The number of nitrogens with zero attached hydrogens (tertiary/aromatic N) is 3. The van der Waals surface area contributed by atoms with E-state index in [-0.39, 0.29) is 39.9 Å². The summed E-state index contributed by atoms with van der Waals surface area (Å²) in [6.07, 6.45) is 0. The maximum Gasteiger partial charge on any atom is 1.00 e. The van der Waals surface area contributed by atoms with Crippen LogP contribution in [-0.2, 0) is 0 Å². The van der Waals surface area contributed by atoms with Crippen molar-refractivity contribution in [2.75, 3.05) is 0 Å². The van der Waals surface area contributed by atoms with Gasteiger partial charge < -0.3 is 14.5 Å². The zero-order valence-corrected chi connectivity index (χ0v) is 14.3. The predicted molar refractivity (Wildman–Crippen MR) is 73.9 cm³/mol. The van der Waals surface area contributed by atoms with Crippen LogP contribution in [0.15, 0.2) is 29.1 Å². The number of rotatable bonds is 1. The van der Waals surface area contributed by atoms with Gasteiger partial charge in [0.25, 0.3) is 0 Å². The van der Waals surface area contributed by atoms with Gasteiger partial charge in [-0.25, -0.2) is 0 Å². The monoisotopic (exact) mass is 294 g/mol. The summed E-state index contributed by atoms with van der Waals surface area (Å²) in [6.45, 7) is 3.65. The van der Waals surface area contributed by atoms with E-state index in [2.05, 4.69) is 9.97 Å². The van der Waals surface area contributed by atoms with Gasteiger partial charge in [-0.2, -0.15) is 0 Å². The van der Waals surface area contributed by atoms with Crippen LogP contribution in [0.1, 0.15) is 11.4 Å². The number of fused-ring (bicyclic) bond motifs is 1. The van der Waals surface area contributed by atoms with E-state index in [1.54, 1.807) is 11.5 Å². The van der Waals surface area contributed by atoms with Gasteiger partial charge >= 0.3 is 29.6 Å². The molecule has 1 N–H and O–H groups in total. The van der Waals surface area contributed by atoms with Crippen molar-refractivity contribution in [1.29, 1.82) is 5.41 Å². The minimum Gasteiger partial charge on any atom is -0.362 e. The van der Waals surface area contributed by atoms with Crippen LogP contribution in [0.25, 0.3) is 16.0 Å². The molecule has 2 heterocycles. The van der Waals surface area contributed by atoms with Gasteiger partial charge in [-0.1, -0.05) is 24.3 Å². The average Bonchev–Trinajstić information content (AvgIpc) is 2.67. The number of benzene rings is 1. The SMILES string of the molecule is Cc1nc(=O)c2sc(=N)n(-c3ccccc3C)c2[n-]1.[Na+]. The maximum absolute atomic E-state index is 11.8. The van der Waals surface area contributed by atoms with Crippen molar-refractivity contribution in [2.45, 2.75) is 13.8 Å². The summed E-state index contributed by atoms with van der Waals surface area (Å²) in [6, 6.07) is 7.74. The molecule has 0 unspecified atom stereocenters. The fourth-order valence-corrected chi connectivity index (χ4v) is 2.87. The Kier molecular flexibility index (Phi) is 4.29. The summed E-state index contributed by atoms with van der Waals surface area (Å²) < 4.78 is 2.13. The zero-order valence-electron chi connectivity index (χ0n) is 11.5. The molecule has 0 amide bonds. The van der Waals surface area contributed by atoms with Crippen LogP contribution in [0.4, 0.5) is 0 Å². The fraction of sp³-hybridized carbons (Fsp3) is 0.154. The molecule has 0 aliphatic heterocycles. The van der Waals surface area contributed by atoms with Gasteiger partial charge in [0.2, 0.25) is 5.56 Å². The Hall–Kier alpha value is -1.21. The average molecular weight is 294 g/mol. The summed E-state index contributed by atoms with van der Waals surface area (Å²) in [4.78, 5) is 20.3. The third-order valence-electron chi connectivity index (χ3n) is 2.90. The normalized spacial score (nSPS) is 10.5. The van der Waals surface area contributed by atoms with Gasteiger partial charge in [-0.15, -0.1) is 11.3 Å².